The van der Waals surface area contributed by atoms with Gasteiger partial charge in [-0.2, -0.15) is 0 Å². The Morgan fingerprint density at radius 1 is 0.596 bits per heavy atom. The molecule has 0 unspecified atom stereocenters. The maximum atomic E-state index is 13.4. The van der Waals surface area contributed by atoms with Crippen molar-refractivity contribution in [2.24, 2.45) is 0 Å². The number of aldehydes is 1. The van der Waals surface area contributed by atoms with Crippen molar-refractivity contribution < 1.29 is 18.7 Å². The number of carbonyl (C=O) groups is 1. The number of allylic oxidation sites excluding steroid dienone is 1. The fourth-order valence-electron chi connectivity index (χ4n) is 5.68. The molecule has 0 aliphatic heterocycles. The van der Waals surface area contributed by atoms with Gasteiger partial charge in [-0.15, -0.1) is 0 Å². The van der Waals surface area contributed by atoms with Gasteiger partial charge in [0.25, 0.3) is 0 Å². The van der Waals surface area contributed by atoms with Crippen LogP contribution in [-0.2, 0) is 15.6 Å². The minimum atomic E-state index is -0.296. The molecule has 0 atom stereocenters. The molecule has 4 heterocycles. The average molecular weight is 701 g/mol. The topological polar surface area (TPSA) is 98.7 Å². The maximum absolute atomic E-state index is 13.4. The predicted molar refractivity (Wildman–Crippen MR) is 203 cm³/mol. The van der Waals surface area contributed by atoms with Crippen molar-refractivity contribution in [3.8, 4) is 45.0 Å². The van der Waals surface area contributed by atoms with Crippen LogP contribution in [0.25, 0.3) is 57.4 Å². The van der Waals surface area contributed by atoms with Crippen LogP contribution in [0.5, 0.6) is 0 Å². The Morgan fingerprint density at radius 3 is 1.33 bits per heavy atom. The quantitative estimate of drug-likeness (QED) is 0.126. The zero-order valence-corrected chi connectivity index (χ0v) is 30.1. The summed E-state index contributed by atoms with van der Waals surface area (Å²) < 4.78 is 30.7. The number of imidazole rings is 2. The molecule has 6 aromatic rings. The summed E-state index contributed by atoms with van der Waals surface area (Å²) in [5.41, 5.74) is 6.24. The highest BCUT2D eigenvalue weighted by atomic mass is 19.1. The molecule has 266 valence electrons. The molecule has 6 rings (SSSR count). The van der Waals surface area contributed by atoms with E-state index in [1.807, 2.05) is 39.6 Å². The van der Waals surface area contributed by atoms with Crippen LogP contribution in [-0.4, -0.2) is 47.1 Å². The highest BCUT2D eigenvalue weighted by Gasteiger charge is 2.28. The van der Waals surface area contributed by atoms with Crippen LogP contribution >= 0.6 is 0 Å². The molecule has 0 aliphatic rings. The molecule has 8 nitrogen and oxygen atoms in total. The summed E-state index contributed by atoms with van der Waals surface area (Å²) in [6.45, 7) is 12.4. The molecular weight excluding hydrogens is 658 g/mol. The van der Waals surface area contributed by atoms with Gasteiger partial charge in [0.05, 0.1) is 29.4 Å². The minimum absolute atomic E-state index is 0.0660. The summed E-state index contributed by atoms with van der Waals surface area (Å²) >= 11 is 0. The molecule has 0 saturated heterocycles. The van der Waals surface area contributed by atoms with Gasteiger partial charge in [-0.25, -0.2) is 18.7 Å². The van der Waals surface area contributed by atoms with Gasteiger partial charge in [0.15, 0.2) is 0 Å². The highest BCUT2D eigenvalue weighted by Crippen LogP contribution is 2.38. The van der Waals surface area contributed by atoms with E-state index in [1.165, 1.54) is 30.3 Å². The lowest BCUT2D eigenvalue weighted by Gasteiger charge is -2.19. The molecule has 0 fully saturated rings. The van der Waals surface area contributed by atoms with Gasteiger partial charge < -0.3 is 14.2 Å². The first-order chi connectivity index (χ1) is 24.8. The number of benzene rings is 2. The van der Waals surface area contributed by atoms with Crippen LogP contribution < -0.4 is 0 Å². The largest absolute Gasteiger partial charge is 0.392 e. The Morgan fingerprint density at radius 2 is 0.981 bits per heavy atom. The molecule has 2 aromatic carbocycles. The fraction of sp³-hybridized carbons (Fsp3) is 0.214. The number of aliphatic hydroxyl groups is 1. The van der Waals surface area contributed by atoms with E-state index in [4.69, 9.17) is 9.97 Å². The molecular formula is C42H42F2N6O2. The van der Waals surface area contributed by atoms with E-state index in [2.05, 4.69) is 51.5 Å². The number of rotatable bonds is 8. The van der Waals surface area contributed by atoms with Gasteiger partial charge in [0.2, 0.25) is 0 Å². The second-order valence-corrected chi connectivity index (χ2v) is 14.0. The van der Waals surface area contributed by atoms with E-state index >= 15 is 0 Å². The summed E-state index contributed by atoms with van der Waals surface area (Å²) in [5.74, 6) is 1.08. The number of aliphatic hydroxyl groups excluding tert-OH is 1. The Balaban J connectivity index is 0.000000201. The number of nitrogens with zero attached hydrogens (tertiary/aromatic N) is 6. The van der Waals surface area contributed by atoms with Gasteiger partial charge in [-0.3, -0.25) is 14.8 Å². The van der Waals surface area contributed by atoms with E-state index in [0.717, 1.165) is 63.0 Å². The molecule has 0 spiro atoms. The lowest BCUT2D eigenvalue weighted by molar-refractivity contribution is -0.104. The Kier molecular flexibility index (Phi) is 11.5. The fourth-order valence-corrected chi connectivity index (χ4v) is 5.68. The lowest BCUT2D eigenvalue weighted by Crippen LogP contribution is -2.17. The monoisotopic (exact) mass is 700 g/mol. The van der Waals surface area contributed by atoms with Crippen molar-refractivity contribution in [3.63, 3.8) is 0 Å². The van der Waals surface area contributed by atoms with Crippen LogP contribution in [0, 0.1) is 11.6 Å². The van der Waals surface area contributed by atoms with Crippen molar-refractivity contribution in [1.82, 2.24) is 29.1 Å². The number of aromatic nitrogens is 6. The van der Waals surface area contributed by atoms with Crippen LogP contribution in [0.4, 0.5) is 8.78 Å². The molecule has 0 bridgehead atoms. The first-order valence-electron chi connectivity index (χ1n) is 16.8. The summed E-state index contributed by atoms with van der Waals surface area (Å²) in [4.78, 5) is 28.9. The number of halogens is 2. The molecule has 1 N–H and O–H groups in total. The zero-order chi connectivity index (χ0) is 37.5. The van der Waals surface area contributed by atoms with Gasteiger partial charge >= 0.3 is 0 Å². The van der Waals surface area contributed by atoms with Crippen LogP contribution in [0.2, 0.25) is 0 Å². The third-order valence-electron chi connectivity index (χ3n) is 7.98. The Labute approximate surface area is 302 Å². The maximum Gasteiger partial charge on any atom is 0.144 e. The van der Waals surface area contributed by atoms with Crippen LogP contribution in [0.15, 0.2) is 110 Å². The van der Waals surface area contributed by atoms with E-state index in [1.54, 1.807) is 61.3 Å². The standard InChI is InChI=1S/C21H22FN3O.C21H20FN3O/c2*1-21(2,3)20-24-18(15-5-7-17(22)8-6-15)19(25(20)13-4-14-26)16-9-11-23-12-10-16/h4-13,26H,14H2,1-3H3;4-14H,1-3H3/b2*13-4+. The highest BCUT2D eigenvalue weighted by molar-refractivity contribution is 5.82. The Bertz CT molecular complexity index is 2160. The van der Waals surface area contributed by atoms with Gasteiger partial charge in [-0.05, 0) is 84.9 Å². The smallest absolute Gasteiger partial charge is 0.144 e. The van der Waals surface area contributed by atoms with Crippen molar-refractivity contribution in [2.75, 3.05) is 6.61 Å². The van der Waals surface area contributed by atoms with E-state index in [0.29, 0.717) is 0 Å². The van der Waals surface area contributed by atoms with Gasteiger partial charge in [0, 0.05) is 70.3 Å². The first-order valence-corrected chi connectivity index (χ1v) is 16.8. The summed E-state index contributed by atoms with van der Waals surface area (Å²) in [5, 5.41) is 9.26. The second kappa shape index (κ2) is 16.0. The molecule has 10 heteroatoms. The molecule has 0 aliphatic carbocycles. The second-order valence-electron chi connectivity index (χ2n) is 14.0. The predicted octanol–water partition coefficient (Wildman–Crippen LogP) is 9.23. The van der Waals surface area contributed by atoms with Crippen molar-refractivity contribution in [2.45, 2.75) is 52.4 Å². The molecule has 0 saturated carbocycles. The third-order valence-corrected chi connectivity index (χ3v) is 7.98. The zero-order valence-electron chi connectivity index (χ0n) is 30.1. The Hall–Kier alpha value is -5.87. The van der Waals surface area contributed by atoms with Gasteiger partial charge in [0.1, 0.15) is 29.6 Å². The number of hydrogen-bond acceptors (Lipinski definition) is 6. The van der Waals surface area contributed by atoms with E-state index in [9.17, 15) is 18.7 Å². The van der Waals surface area contributed by atoms with Gasteiger partial charge in [-0.1, -0.05) is 41.5 Å². The third kappa shape index (κ3) is 8.52. The average Bonchev–Trinajstić information content (AvgIpc) is 3.71. The summed E-state index contributed by atoms with van der Waals surface area (Å²) in [6.07, 6.45) is 14.3. The molecule has 4 aromatic heterocycles. The van der Waals surface area contributed by atoms with Crippen molar-refractivity contribution in [3.05, 3.63) is 133 Å². The van der Waals surface area contributed by atoms with E-state index in [-0.39, 0.29) is 29.1 Å². The number of pyridine rings is 2. The molecule has 52 heavy (non-hydrogen) atoms. The molecule has 0 amide bonds. The van der Waals surface area contributed by atoms with Crippen molar-refractivity contribution in [1.29, 1.82) is 0 Å². The first kappa shape index (κ1) is 37.4. The lowest BCUT2D eigenvalue weighted by atomic mass is 9.95. The number of carbonyl (C=O) groups excluding carboxylic acids is 1. The van der Waals surface area contributed by atoms with Crippen LogP contribution in [0.1, 0.15) is 53.2 Å². The normalized spacial score (nSPS) is 11.9. The van der Waals surface area contributed by atoms with Crippen LogP contribution in [0.3, 0.4) is 0 Å². The summed E-state index contributed by atoms with van der Waals surface area (Å²) in [6, 6.07) is 20.2. The number of hydrogen-bond donors (Lipinski definition) is 1. The molecule has 0 radical (unpaired) electrons. The van der Waals surface area contributed by atoms with E-state index < -0.39 is 0 Å². The summed E-state index contributed by atoms with van der Waals surface area (Å²) in [7, 11) is 0. The SMILES string of the molecule is CC(C)(C)c1nc(-c2ccc(F)cc2)c(-c2ccncc2)n1/C=C/C=O.CC(C)(C)c1nc(-c2ccc(F)cc2)c(-c2ccncc2)n1/C=C/CO. The minimum Gasteiger partial charge on any atom is -0.392 e. The van der Waals surface area contributed by atoms with Crippen molar-refractivity contribution >= 4 is 18.7 Å².